The summed E-state index contributed by atoms with van der Waals surface area (Å²) in [6.07, 6.45) is 1.06. The number of rotatable bonds is 5. The van der Waals surface area contributed by atoms with Gasteiger partial charge in [-0.25, -0.2) is 4.98 Å². The van der Waals surface area contributed by atoms with Gasteiger partial charge in [-0.15, -0.1) is 0 Å². The summed E-state index contributed by atoms with van der Waals surface area (Å²) in [6, 6.07) is 6.59. The maximum atomic E-state index is 11.9. The summed E-state index contributed by atoms with van der Waals surface area (Å²) in [7, 11) is 0. The van der Waals surface area contributed by atoms with Crippen molar-refractivity contribution in [2.24, 2.45) is 5.41 Å². The molecule has 1 amide bonds. The molecule has 0 radical (unpaired) electrons. The fourth-order valence-electron chi connectivity index (χ4n) is 3.07. The average Bonchev–Trinajstić information content (AvgIpc) is 3.04. The van der Waals surface area contributed by atoms with Gasteiger partial charge in [0.2, 0.25) is 5.91 Å². The van der Waals surface area contributed by atoms with E-state index in [1.165, 1.54) is 10.3 Å². The number of carbonyl (C=O) groups excluding carboxylic acids is 1. The normalized spacial score (nSPS) is 16.2. The van der Waals surface area contributed by atoms with Gasteiger partial charge in [0.25, 0.3) is 0 Å². The third-order valence-corrected chi connectivity index (χ3v) is 5.97. The molecule has 1 N–H and O–H groups in total. The van der Waals surface area contributed by atoms with Crippen LogP contribution in [0.2, 0.25) is 0 Å². The Kier molecular flexibility index (Phi) is 5.82. The highest BCUT2D eigenvalue weighted by Gasteiger charge is 2.22. The van der Waals surface area contributed by atoms with Gasteiger partial charge < -0.3 is 10.2 Å². The van der Waals surface area contributed by atoms with E-state index in [4.69, 9.17) is 4.98 Å². The molecule has 0 bridgehead atoms. The molecule has 1 saturated heterocycles. The monoisotopic (exact) mass is 374 g/mol. The molecule has 0 unspecified atom stereocenters. The highest BCUT2D eigenvalue weighted by molar-refractivity contribution is 7.22. The van der Waals surface area contributed by atoms with E-state index in [1.54, 1.807) is 11.3 Å². The smallest absolute Gasteiger partial charge is 0.225 e. The van der Waals surface area contributed by atoms with E-state index in [1.807, 2.05) is 20.8 Å². The second-order valence-corrected chi connectivity index (χ2v) is 9.00. The van der Waals surface area contributed by atoms with Gasteiger partial charge in [0.05, 0.1) is 10.2 Å². The lowest BCUT2D eigenvalue weighted by Crippen LogP contribution is -2.49. The van der Waals surface area contributed by atoms with E-state index in [9.17, 15) is 4.79 Å². The van der Waals surface area contributed by atoms with Crippen molar-refractivity contribution in [2.75, 3.05) is 44.2 Å². The van der Waals surface area contributed by atoms with Crippen LogP contribution in [0.4, 0.5) is 5.13 Å². The van der Waals surface area contributed by atoms with Crippen LogP contribution in [0.5, 0.6) is 0 Å². The van der Waals surface area contributed by atoms with Gasteiger partial charge in [0.1, 0.15) is 0 Å². The second kappa shape index (κ2) is 7.92. The molecule has 1 aliphatic rings. The van der Waals surface area contributed by atoms with Crippen LogP contribution in [-0.4, -0.2) is 55.1 Å². The number of nitrogens with one attached hydrogen (secondary N) is 1. The number of benzene rings is 1. The summed E-state index contributed by atoms with van der Waals surface area (Å²) in [4.78, 5) is 21.6. The molecular formula is C20H30N4OS. The lowest BCUT2D eigenvalue weighted by Gasteiger charge is -2.34. The fourth-order valence-corrected chi connectivity index (χ4v) is 4.15. The number of carbonyl (C=O) groups is 1. The first-order valence-electron chi connectivity index (χ1n) is 9.52. The molecule has 1 aromatic carbocycles. The molecule has 0 spiro atoms. The van der Waals surface area contributed by atoms with Crippen molar-refractivity contribution >= 4 is 32.6 Å². The molecule has 1 aliphatic heterocycles. The van der Waals surface area contributed by atoms with Crippen molar-refractivity contribution in [1.29, 1.82) is 0 Å². The number of piperazine rings is 1. The summed E-state index contributed by atoms with van der Waals surface area (Å²) in [5, 5.41) is 4.17. The number of amides is 1. The van der Waals surface area contributed by atoms with Crippen LogP contribution < -0.4 is 10.2 Å². The summed E-state index contributed by atoms with van der Waals surface area (Å²) < 4.78 is 1.28. The lowest BCUT2D eigenvalue weighted by atomic mass is 9.96. The summed E-state index contributed by atoms with van der Waals surface area (Å²) in [6.45, 7) is 13.7. The van der Waals surface area contributed by atoms with Gasteiger partial charge in [-0.2, -0.15) is 0 Å². The third-order valence-electron chi connectivity index (χ3n) is 4.89. The van der Waals surface area contributed by atoms with E-state index in [0.29, 0.717) is 0 Å². The van der Waals surface area contributed by atoms with Gasteiger partial charge in [0.15, 0.2) is 5.13 Å². The Labute approximate surface area is 160 Å². The number of thiazole rings is 1. The van der Waals surface area contributed by atoms with E-state index in [0.717, 1.165) is 56.3 Å². The van der Waals surface area contributed by atoms with Crippen LogP contribution in [0.1, 0.15) is 33.3 Å². The first-order chi connectivity index (χ1) is 12.4. The maximum Gasteiger partial charge on any atom is 0.225 e. The van der Waals surface area contributed by atoms with E-state index in [2.05, 4.69) is 40.2 Å². The molecule has 5 nitrogen and oxygen atoms in total. The summed E-state index contributed by atoms with van der Waals surface area (Å²) in [5.41, 5.74) is 2.16. The molecule has 0 atom stereocenters. The van der Waals surface area contributed by atoms with Gasteiger partial charge in [-0.3, -0.25) is 9.69 Å². The van der Waals surface area contributed by atoms with Crippen molar-refractivity contribution in [3.05, 3.63) is 23.8 Å². The predicted molar refractivity (Wildman–Crippen MR) is 110 cm³/mol. The van der Waals surface area contributed by atoms with Crippen LogP contribution in [0.25, 0.3) is 10.2 Å². The van der Waals surface area contributed by atoms with Crippen LogP contribution in [-0.2, 0) is 11.2 Å². The van der Waals surface area contributed by atoms with Crippen LogP contribution in [0.15, 0.2) is 18.2 Å². The standard InChI is InChI=1S/C20H30N4OS/c1-5-15-6-7-16-17(14-15)26-19(22-16)24-12-10-23(11-13-24)9-8-21-18(25)20(2,3)4/h6-7,14H,5,8-13H2,1-4H3,(H,21,25). The Morgan fingerprint density at radius 3 is 2.62 bits per heavy atom. The number of aromatic nitrogens is 1. The molecule has 26 heavy (non-hydrogen) atoms. The van der Waals surface area contributed by atoms with Crippen LogP contribution >= 0.6 is 11.3 Å². The molecular weight excluding hydrogens is 344 g/mol. The predicted octanol–water partition coefficient (Wildman–Crippen LogP) is 3.14. The molecule has 2 aromatic rings. The van der Waals surface area contributed by atoms with Crippen LogP contribution in [0.3, 0.4) is 0 Å². The third kappa shape index (κ3) is 4.54. The van der Waals surface area contributed by atoms with E-state index >= 15 is 0 Å². The minimum absolute atomic E-state index is 0.122. The van der Waals surface area contributed by atoms with Crippen molar-refractivity contribution in [2.45, 2.75) is 34.1 Å². The second-order valence-electron chi connectivity index (χ2n) is 7.99. The van der Waals surface area contributed by atoms with Crippen molar-refractivity contribution < 1.29 is 4.79 Å². The molecule has 0 saturated carbocycles. The van der Waals surface area contributed by atoms with E-state index < -0.39 is 0 Å². The number of hydrogen-bond acceptors (Lipinski definition) is 5. The van der Waals surface area contributed by atoms with Gasteiger partial charge in [0, 0.05) is 44.7 Å². The fraction of sp³-hybridized carbons (Fsp3) is 0.600. The molecule has 0 aliphatic carbocycles. The topological polar surface area (TPSA) is 48.5 Å². The molecule has 142 valence electrons. The zero-order valence-electron chi connectivity index (χ0n) is 16.3. The highest BCUT2D eigenvalue weighted by Crippen LogP contribution is 2.30. The quantitative estimate of drug-likeness (QED) is 0.873. The average molecular weight is 375 g/mol. The Hall–Kier alpha value is -1.66. The Morgan fingerprint density at radius 2 is 1.96 bits per heavy atom. The zero-order chi connectivity index (χ0) is 18.7. The molecule has 1 fully saturated rings. The molecule has 3 rings (SSSR count). The number of aryl methyl sites for hydroxylation is 1. The number of hydrogen-bond donors (Lipinski definition) is 1. The Bertz CT molecular complexity index is 757. The maximum absolute atomic E-state index is 11.9. The van der Waals surface area contributed by atoms with Crippen molar-refractivity contribution in [3.8, 4) is 0 Å². The first kappa shape index (κ1) is 19.1. The number of nitrogens with zero attached hydrogens (tertiary/aromatic N) is 3. The van der Waals surface area contributed by atoms with Gasteiger partial charge >= 0.3 is 0 Å². The van der Waals surface area contributed by atoms with E-state index in [-0.39, 0.29) is 11.3 Å². The minimum atomic E-state index is -0.316. The van der Waals surface area contributed by atoms with Crippen LogP contribution in [0, 0.1) is 5.41 Å². The highest BCUT2D eigenvalue weighted by atomic mass is 32.1. The van der Waals surface area contributed by atoms with Gasteiger partial charge in [-0.1, -0.05) is 45.1 Å². The summed E-state index contributed by atoms with van der Waals surface area (Å²) in [5.74, 6) is 0.122. The lowest BCUT2D eigenvalue weighted by molar-refractivity contribution is -0.128. The summed E-state index contributed by atoms with van der Waals surface area (Å²) >= 11 is 1.80. The molecule has 6 heteroatoms. The van der Waals surface area contributed by atoms with Crippen molar-refractivity contribution in [1.82, 2.24) is 15.2 Å². The van der Waals surface area contributed by atoms with Crippen molar-refractivity contribution in [3.63, 3.8) is 0 Å². The Balaban J connectivity index is 1.50. The minimum Gasteiger partial charge on any atom is -0.354 e. The Morgan fingerprint density at radius 1 is 1.23 bits per heavy atom. The SMILES string of the molecule is CCc1ccc2nc(N3CCN(CCNC(=O)C(C)(C)C)CC3)sc2c1. The molecule has 1 aromatic heterocycles. The first-order valence-corrected chi connectivity index (χ1v) is 10.3. The molecule has 2 heterocycles. The van der Waals surface area contributed by atoms with Gasteiger partial charge in [-0.05, 0) is 24.1 Å². The number of fused-ring (bicyclic) bond motifs is 1. The zero-order valence-corrected chi connectivity index (χ0v) is 17.2. The number of anilines is 1. The largest absolute Gasteiger partial charge is 0.354 e.